The van der Waals surface area contributed by atoms with Crippen molar-refractivity contribution >= 4 is 13.7 Å². The summed E-state index contributed by atoms with van der Waals surface area (Å²) < 4.78 is 23.8. The maximum absolute atomic E-state index is 13.0. The van der Waals surface area contributed by atoms with E-state index in [1.54, 1.807) is 0 Å². The number of quaternary nitrogens is 1. The number of rotatable bonds is 55. The van der Waals surface area contributed by atoms with Gasteiger partial charge in [-0.15, -0.1) is 0 Å². The van der Waals surface area contributed by atoms with Crippen molar-refractivity contribution in [3.63, 3.8) is 0 Å². The molecule has 0 aromatic rings. The topological polar surface area (TPSA) is 105 Å². The Labute approximate surface area is 441 Å². The monoisotopic (exact) mass is 1020 g/mol. The van der Waals surface area contributed by atoms with Gasteiger partial charge in [0, 0.05) is 6.42 Å². The van der Waals surface area contributed by atoms with Gasteiger partial charge in [0.1, 0.15) is 13.2 Å². The zero-order chi connectivity index (χ0) is 52.0. The van der Waals surface area contributed by atoms with E-state index in [0.717, 1.165) is 77.0 Å². The number of unbranched alkanes of at least 4 members (excludes halogenated alkanes) is 32. The summed E-state index contributed by atoms with van der Waals surface area (Å²) in [6.07, 6.45) is 71.6. The van der Waals surface area contributed by atoms with Gasteiger partial charge in [-0.3, -0.25) is 13.8 Å². The number of hydrogen-bond donors (Lipinski definition) is 3. The van der Waals surface area contributed by atoms with Crippen LogP contribution in [0.5, 0.6) is 0 Å². The number of carbonyl (C=O) groups is 1. The Morgan fingerprint density at radius 3 is 1.23 bits per heavy atom. The number of nitrogens with zero attached hydrogens (tertiary/aromatic N) is 1. The highest BCUT2D eigenvalue weighted by atomic mass is 31.2. The lowest BCUT2D eigenvalue weighted by atomic mass is 10.0. The van der Waals surface area contributed by atoms with Crippen molar-refractivity contribution in [2.45, 2.75) is 289 Å². The van der Waals surface area contributed by atoms with Gasteiger partial charge in [0.15, 0.2) is 0 Å². The first-order valence-corrected chi connectivity index (χ1v) is 31.6. The minimum absolute atomic E-state index is 0.0656. The van der Waals surface area contributed by atoms with Crippen molar-refractivity contribution in [3.8, 4) is 0 Å². The van der Waals surface area contributed by atoms with Gasteiger partial charge in [-0.1, -0.05) is 274 Å². The molecular formula is C62H118N2O6P+. The van der Waals surface area contributed by atoms with Crippen LogP contribution in [0.25, 0.3) is 0 Å². The Kier molecular flexibility index (Phi) is 51.7. The van der Waals surface area contributed by atoms with Gasteiger partial charge < -0.3 is 19.8 Å². The van der Waals surface area contributed by atoms with Gasteiger partial charge in [-0.05, 0) is 57.8 Å². The Bertz CT molecular complexity index is 1340. The highest BCUT2D eigenvalue weighted by Gasteiger charge is 2.28. The summed E-state index contributed by atoms with van der Waals surface area (Å²) in [4.78, 5) is 23.3. The molecule has 0 aromatic heterocycles. The van der Waals surface area contributed by atoms with Crippen LogP contribution in [0, 0.1) is 0 Å². The van der Waals surface area contributed by atoms with E-state index in [4.69, 9.17) is 9.05 Å². The van der Waals surface area contributed by atoms with Crippen LogP contribution in [0.4, 0.5) is 0 Å². The molecule has 0 aliphatic carbocycles. The molecule has 9 heteroatoms. The molecule has 0 spiro atoms. The third-order valence-electron chi connectivity index (χ3n) is 13.5. The first-order valence-electron chi connectivity index (χ1n) is 30.2. The number of phosphoric acid groups is 1. The summed E-state index contributed by atoms with van der Waals surface area (Å²) in [5.74, 6) is -0.174. The van der Waals surface area contributed by atoms with E-state index >= 15 is 0 Å². The molecule has 1 amide bonds. The SMILES string of the molecule is CC/C=C\C/C=C\C/C=C\C/C=C\C/C=C\CCCCCC(=O)NC(COP(=O)(O)OCC[N+](C)(C)C)C(O)CCCCCCCCCCCCCCCCCCCCCCCCCCCCCCCC. The van der Waals surface area contributed by atoms with Crippen LogP contribution in [-0.2, 0) is 18.4 Å². The summed E-state index contributed by atoms with van der Waals surface area (Å²) in [6.45, 7) is 4.77. The fraction of sp³-hybridized carbons (Fsp3) is 0.823. The Balaban J connectivity index is 4.13. The molecule has 0 rings (SSSR count). The molecular weight excluding hydrogens is 900 g/mol. The summed E-state index contributed by atoms with van der Waals surface area (Å²) >= 11 is 0. The lowest BCUT2D eigenvalue weighted by Gasteiger charge is -2.26. The Hall–Kier alpha value is -1.80. The maximum Gasteiger partial charge on any atom is 0.472 e. The quantitative estimate of drug-likeness (QED) is 0.0243. The van der Waals surface area contributed by atoms with Crippen LogP contribution in [0.3, 0.4) is 0 Å². The van der Waals surface area contributed by atoms with Gasteiger partial charge in [0.25, 0.3) is 0 Å². The predicted octanol–water partition coefficient (Wildman–Crippen LogP) is 18.5. The molecule has 0 heterocycles. The molecule has 0 bridgehead atoms. The van der Waals surface area contributed by atoms with Crippen molar-refractivity contribution < 1.29 is 32.9 Å². The highest BCUT2D eigenvalue weighted by molar-refractivity contribution is 7.47. The average Bonchev–Trinajstić information content (AvgIpc) is 3.33. The minimum Gasteiger partial charge on any atom is -0.391 e. The van der Waals surface area contributed by atoms with Crippen LogP contribution < -0.4 is 5.32 Å². The minimum atomic E-state index is -4.34. The van der Waals surface area contributed by atoms with Crippen molar-refractivity contribution in [1.82, 2.24) is 5.32 Å². The molecule has 0 aliphatic rings. The van der Waals surface area contributed by atoms with E-state index in [9.17, 15) is 19.4 Å². The molecule has 3 atom stereocenters. The molecule has 0 saturated heterocycles. The van der Waals surface area contributed by atoms with Gasteiger partial charge in [-0.2, -0.15) is 0 Å². The largest absolute Gasteiger partial charge is 0.472 e. The van der Waals surface area contributed by atoms with Crippen molar-refractivity contribution in [2.24, 2.45) is 0 Å². The highest BCUT2D eigenvalue weighted by Crippen LogP contribution is 2.43. The zero-order valence-corrected chi connectivity index (χ0v) is 48.4. The predicted molar refractivity (Wildman–Crippen MR) is 309 cm³/mol. The molecule has 0 aliphatic heterocycles. The maximum atomic E-state index is 13.0. The summed E-state index contributed by atoms with van der Waals surface area (Å²) in [7, 11) is 1.59. The molecule has 3 N–H and O–H groups in total. The van der Waals surface area contributed by atoms with Crippen LogP contribution in [0.1, 0.15) is 277 Å². The molecule has 0 saturated carbocycles. The number of aliphatic hydroxyl groups is 1. The zero-order valence-electron chi connectivity index (χ0n) is 47.5. The van der Waals surface area contributed by atoms with Gasteiger partial charge in [0.05, 0.1) is 39.9 Å². The molecule has 71 heavy (non-hydrogen) atoms. The normalized spacial score (nSPS) is 14.3. The van der Waals surface area contributed by atoms with Gasteiger partial charge in [0.2, 0.25) is 5.91 Å². The second-order valence-electron chi connectivity index (χ2n) is 21.7. The van der Waals surface area contributed by atoms with Gasteiger partial charge in [-0.25, -0.2) is 4.57 Å². The van der Waals surface area contributed by atoms with Crippen LogP contribution in [-0.4, -0.2) is 73.4 Å². The van der Waals surface area contributed by atoms with Crippen molar-refractivity contribution in [1.29, 1.82) is 0 Å². The van der Waals surface area contributed by atoms with Crippen LogP contribution in [0.15, 0.2) is 60.8 Å². The van der Waals surface area contributed by atoms with Crippen LogP contribution in [0.2, 0.25) is 0 Å². The van der Waals surface area contributed by atoms with E-state index in [1.165, 1.54) is 173 Å². The fourth-order valence-corrected chi connectivity index (χ4v) is 9.58. The van der Waals surface area contributed by atoms with Crippen molar-refractivity contribution in [2.75, 3.05) is 40.9 Å². The Morgan fingerprint density at radius 2 is 0.845 bits per heavy atom. The number of hydrogen-bond acceptors (Lipinski definition) is 5. The van der Waals surface area contributed by atoms with E-state index in [2.05, 4.69) is 79.9 Å². The second kappa shape index (κ2) is 53.0. The molecule has 3 unspecified atom stereocenters. The van der Waals surface area contributed by atoms with E-state index < -0.39 is 20.0 Å². The lowest BCUT2D eigenvalue weighted by molar-refractivity contribution is -0.870. The molecule has 0 radical (unpaired) electrons. The fourth-order valence-electron chi connectivity index (χ4n) is 8.84. The van der Waals surface area contributed by atoms with E-state index in [1.807, 2.05) is 21.1 Å². The van der Waals surface area contributed by atoms with Gasteiger partial charge >= 0.3 is 7.82 Å². The molecule has 0 aromatic carbocycles. The smallest absolute Gasteiger partial charge is 0.391 e. The average molecular weight is 1020 g/mol. The lowest BCUT2D eigenvalue weighted by Crippen LogP contribution is -2.46. The number of amides is 1. The first kappa shape index (κ1) is 69.2. The number of carbonyl (C=O) groups excluding carboxylic acids is 1. The van der Waals surface area contributed by atoms with Crippen LogP contribution >= 0.6 is 7.82 Å². The second-order valence-corrected chi connectivity index (χ2v) is 23.2. The summed E-state index contributed by atoms with van der Waals surface area (Å²) in [5, 5.41) is 14.1. The summed E-state index contributed by atoms with van der Waals surface area (Å²) in [6, 6.07) is -0.782. The first-order chi connectivity index (χ1) is 34.5. The number of nitrogens with one attached hydrogen (secondary N) is 1. The van der Waals surface area contributed by atoms with Crippen molar-refractivity contribution in [3.05, 3.63) is 60.8 Å². The molecule has 416 valence electrons. The number of likely N-dealkylation sites (N-methyl/N-ethyl adjacent to an activating group) is 1. The molecule has 8 nitrogen and oxygen atoms in total. The van der Waals surface area contributed by atoms with E-state index in [-0.39, 0.29) is 19.1 Å². The third kappa shape index (κ3) is 55.8. The number of phosphoric ester groups is 1. The summed E-state index contributed by atoms with van der Waals surface area (Å²) in [5.41, 5.74) is 0. The Morgan fingerprint density at radius 1 is 0.493 bits per heavy atom. The number of aliphatic hydroxyl groups excluding tert-OH is 1. The number of allylic oxidation sites excluding steroid dienone is 10. The molecule has 0 fully saturated rings. The third-order valence-corrected chi connectivity index (χ3v) is 14.5. The van der Waals surface area contributed by atoms with E-state index in [0.29, 0.717) is 23.9 Å². The standard InChI is InChI=1S/C62H117N2O6P/c1-6-8-10-12-14-16-18-20-22-24-26-27-28-29-30-31-32-33-34-35-36-38-39-41-43-45-47-49-51-53-55-61(65)60(59-70-71(67,68)69-58-57-64(3,4)5)63-62(66)56-54-52-50-48-46-44-42-40-37-25-23-21-19-17-15-13-11-9-7-2/h9,11,15,17,21,23,37,40,44,46,60-61,65H,6-8,10,12-14,16,18-20,22,24-36,38-39,41-43,45,47-59H2,1-5H3,(H-,63,66,67,68)/p+1/b11-9-,17-15-,23-21-,40-37-,46-44-.